The molecule has 8 heteroatoms. The minimum atomic E-state index is -1.78. The summed E-state index contributed by atoms with van der Waals surface area (Å²) in [6.45, 7) is 0.484. The van der Waals surface area contributed by atoms with E-state index in [-0.39, 0.29) is 30.4 Å². The third-order valence-electron chi connectivity index (χ3n) is 6.33. The van der Waals surface area contributed by atoms with Crippen molar-refractivity contribution in [2.75, 3.05) is 13.6 Å². The van der Waals surface area contributed by atoms with Crippen LogP contribution in [0.4, 0.5) is 0 Å². The zero-order valence-electron chi connectivity index (χ0n) is 16.2. The topological polar surface area (TPSA) is 87.1 Å². The van der Waals surface area contributed by atoms with E-state index in [1.807, 2.05) is 29.9 Å². The summed E-state index contributed by atoms with van der Waals surface area (Å²) in [7, 11) is 1.95. The summed E-state index contributed by atoms with van der Waals surface area (Å²) in [6.07, 6.45) is 2.73. The first-order valence-corrected chi connectivity index (χ1v) is 11.6. The molecule has 0 radical (unpaired) electrons. The van der Waals surface area contributed by atoms with Crippen molar-refractivity contribution in [1.82, 2.24) is 4.90 Å². The number of hydrogen-bond donors (Lipinski definition) is 2. The molecular weight excluding hydrogens is 410 g/mol. The van der Waals surface area contributed by atoms with Crippen LogP contribution in [0.2, 0.25) is 0 Å². The van der Waals surface area contributed by atoms with E-state index in [2.05, 4.69) is 4.90 Å². The first-order chi connectivity index (χ1) is 13.9. The van der Waals surface area contributed by atoms with E-state index in [4.69, 9.17) is 9.84 Å². The van der Waals surface area contributed by atoms with Crippen molar-refractivity contribution in [3.63, 3.8) is 0 Å². The molecular formula is C21H25NO5S2. The summed E-state index contributed by atoms with van der Waals surface area (Å²) in [4.78, 5) is 27.4. The van der Waals surface area contributed by atoms with E-state index in [9.17, 15) is 14.7 Å². The Morgan fingerprint density at radius 2 is 1.86 bits per heavy atom. The van der Waals surface area contributed by atoms with E-state index in [1.165, 1.54) is 22.7 Å². The number of carboxylic acid groups (broad SMARTS) is 1. The summed E-state index contributed by atoms with van der Waals surface area (Å²) in [6, 6.07) is 7.37. The molecule has 0 aliphatic heterocycles. The molecule has 2 bridgehead atoms. The average molecular weight is 436 g/mol. The van der Waals surface area contributed by atoms with Crippen molar-refractivity contribution < 1.29 is 24.5 Å². The van der Waals surface area contributed by atoms with E-state index < -0.39 is 17.5 Å². The zero-order chi connectivity index (χ0) is 20.6. The van der Waals surface area contributed by atoms with Crippen LogP contribution < -0.4 is 0 Å². The quantitative estimate of drug-likeness (QED) is 0.620. The normalized spacial score (nSPS) is 26.2. The first-order valence-electron chi connectivity index (χ1n) is 9.84. The van der Waals surface area contributed by atoms with Crippen molar-refractivity contribution in [3.05, 3.63) is 44.8 Å². The lowest BCUT2D eigenvalue weighted by Crippen LogP contribution is -2.42. The van der Waals surface area contributed by atoms with Gasteiger partial charge in [0.2, 0.25) is 5.60 Å². The third kappa shape index (κ3) is 3.74. The number of hydrogen-bond acceptors (Lipinski definition) is 7. The van der Waals surface area contributed by atoms with Gasteiger partial charge in [0, 0.05) is 18.5 Å². The van der Waals surface area contributed by atoms with Gasteiger partial charge in [0.1, 0.15) is 6.10 Å². The van der Waals surface area contributed by atoms with Crippen LogP contribution in [-0.2, 0) is 19.9 Å². The molecule has 2 N–H and O–H groups in total. The van der Waals surface area contributed by atoms with Crippen molar-refractivity contribution >= 4 is 34.6 Å². The van der Waals surface area contributed by atoms with E-state index in [0.29, 0.717) is 16.3 Å². The largest absolute Gasteiger partial charge is 0.481 e. The Morgan fingerprint density at radius 1 is 1.21 bits per heavy atom. The van der Waals surface area contributed by atoms with Crippen LogP contribution in [-0.4, -0.2) is 52.8 Å². The van der Waals surface area contributed by atoms with Crippen molar-refractivity contribution in [2.24, 2.45) is 11.8 Å². The van der Waals surface area contributed by atoms with Crippen LogP contribution in [0.1, 0.15) is 35.4 Å². The second-order valence-electron chi connectivity index (χ2n) is 7.96. The Morgan fingerprint density at radius 3 is 2.41 bits per heavy atom. The maximum absolute atomic E-state index is 13.3. The Labute approximate surface area is 177 Å². The zero-order valence-corrected chi connectivity index (χ0v) is 17.8. The fourth-order valence-corrected chi connectivity index (χ4v) is 6.58. The molecule has 2 aliphatic rings. The van der Waals surface area contributed by atoms with Crippen molar-refractivity contribution in [1.29, 1.82) is 0 Å². The van der Waals surface area contributed by atoms with Crippen LogP contribution in [0.3, 0.4) is 0 Å². The first kappa shape index (κ1) is 20.5. The van der Waals surface area contributed by atoms with Crippen LogP contribution >= 0.6 is 22.7 Å². The molecule has 4 atom stereocenters. The molecule has 0 aromatic carbocycles. The molecule has 2 saturated carbocycles. The Balaban J connectivity index is 1.51. The lowest BCUT2D eigenvalue weighted by molar-refractivity contribution is -0.170. The standard InChI is InChI=1S/C21H25NO5S2/c1-22(9-8-18(23)24)15-12-13-6-7-14(15)19(13)27-20(25)21(26,16-4-2-10-28-16)17-5-3-11-29-17/h2-5,10-11,13-15,19,26H,6-9,12H2,1H3,(H,23,24)/t13-,14+,15+,19-/m1/s1. The fourth-order valence-electron chi connectivity index (χ4n) is 4.86. The summed E-state index contributed by atoms with van der Waals surface area (Å²) < 4.78 is 6.00. The molecule has 0 saturated heterocycles. The van der Waals surface area contributed by atoms with Gasteiger partial charge in [0.05, 0.1) is 16.2 Å². The number of aliphatic hydroxyl groups is 1. The van der Waals surface area contributed by atoms with E-state index in [1.54, 1.807) is 12.1 Å². The molecule has 0 spiro atoms. The Kier molecular flexibility index (Phi) is 5.79. The monoisotopic (exact) mass is 435 g/mol. The number of thiophene rings is 2. The maximum Gasteiger partial charge on any atom is 0.349 e. The average Bonchev–Trinajstić information content (AvgIpc) is 3.50. The van der Waals surface area contributed by atoms with E-state index >= 15 is 0 Å². The summed E-state index contributed by atoms with van der Waals surface area (Å²) in [5, 5.41) is 24.1. The van der Waals surface area contributed by atoms with E-state index in [0.717, 1.165) is 19.3 Å². The summed E-state index contributed by atoms with van der Waals surface area (Å²) in [5.41, 5.74) is -1.78. The lowest BCUT2D eigenvalue weighted by atomic mass is 9.94. The predicted molar refractivity (Wildman–Crippen MR) is 111 cm³/mol. The summed E-state index contributed by atoms with van der Waals surface area (Å²) >= 11 is 2.68. The number of carbonyl (C=O) groups excluding carboxylic acids is 1. The molecule has 0 amide bonds. The number of ether oxygens (including phenoxy) is 1. The molecule has 156 valence electrons. The maximum atomic E-state index is 13.3. The highest BCUT2D eigenvalue weighted by molar-refractivity contribution is 7.12. The van der Waals surface area contributed by atoms with Crippen LogP contribution in [0.25, 0.3) is 0 Å². The SMILES string of the molecule is CN(CCC(=O)O)[C@H]1C[C@H]2CC[C@@H]1[C@@H]2OC(=O)C(O)(c1cccs1)c1cccs1. The number of esters is 1. The number of fused-ring (bicyclic) bond motifs is 2. The number of aliphatic carboxylic acids is 1. The van der Waals surface area contributed by atoms with Gasteiger partial charge in [-0.2, -0.15) is 0 Å². The highest BCUT2D eigenvalue weighted by atomic mass is 32.1. The number of nitrogens with zero attached hydrogens (tertiary/aromatic N) is 1. The lowest BCUT2D eigenvalue weighted by Gasteiger charge is -2.31. The number of carboxylic acids is 1. The molecule has 6 nitrogen and oxygen atoms in total. The molecule has 0 unspecified atom stereocenters. The van der Waals surface area contributed by atoms with Gasteiger partial charge in [-0.15, -0.1) is 22.7 Å². The fraction of sp³-hybridized carbons (Fsp3) is 0.524. The van der Waals surface area contributed by atoms with Crippen molar-refractivity contribution in [2.45, 2.75) is 43.4 Å². The van der Waals surface area contributed by atoms with Crippen LogP contribution in [0.15, 0.2) is 35.0 Å². The van der Waals surface area contributed by atoms with Gasteiger partial charge in [-0.3, -0.25) is 4.79 Å². The van der Waals surface area contributed by atoms with Gasteiger partial charge in [-0.25, -0.2) is 4.79 Å². The van der Waals surface area contributed by atoms with Gasteiger partial charge in [0.15, 0.2) is 0 Å². The van der Waals surface area contributed by atoms with Gasteiger partial charge >= 0.3 is 11.9 Å². The molecule has 4 rings (SSSR count). The van der Waals surface area contributed by atoms with Gasteiger partial charge in [0.25, 0.3) is 0 Å². The molecule has 2 aromatic rings. The van der Waals surface area contributed by atoms with Gasteiger partial charge in [-0.1, -0.05) is 12.1 Å². The van der Waals surface area contributed by atoms with Crippen LogP contribution in [0, 0.1) is 11.8 Å². The number of rotatable bonds is 8. The Hall–Kier alpha value is -1.74. The second-order valence-corrected chi connectivity index (χ2v) is 9.86. The minimum Gasteiger partial charge on any atom is -0.481 e. The Bertz CT molecular complexity index is 816. The highest BCUT2D eigenvalue weighted by Gasteiger charge is 2.54. The molecule has 2 aromatic heterocycles. The smallest absolute Gasteiger partial charge is 0.349 e. The minimum absolute atomic E-state index is 0.103. The van der Waals surface area contributed by atoms with Crippen LogP contribution in [0.5, 0.6) is 0 Å². The molecule has 2 aliphatic carbocycles. The highest BCUT2D eigenvalue weighted by Crippen LogP contribution is 2.49. The predicted octanol–water partition coefficient (Wildman–Crippen LogP) is 3.16. The van der Waals surface area contributed by atoms with Gasteiger partial charge < -0.3 is 19.8 Å². The molecule has 2 heterocycles. The molecule has 29 heavy (non-hydrogen) atoms. The number of carbonyl (C=O) groups is 2. The third-order valence-corrected chi connectivity index (χ3v) is 8.29. The van der Waals surface area contributed by atoms with Crippen molar-refractivity contribution in [3.8, 4) is 0 Å². The summed E-state index contributed by atoms with van der Waals surface area (Å²) in [5.74, 6) is -0.978. The molecule has 2 fully saturated rings. The second kappa shape index (κ2) is 8.18. The van der Waals surface area contributed by atoms with Gasteiger partial charge in [-0.05, 0) is 55.1 Å².